The number of benzene rings is 1. The van der Waals surface area contributed by atoms with Crippen LogP contribution in [0.5, 0.6) is 0 Å². The van der Waals surface area contributed by atoms with Crippen LogP contribution in [0.1, 0.15) is 25.3 Å². The Morgan fingerprint density at radius 3 is 2.42 bits per heavy atom. The van der Waals surface area contributed by atoms with Gasteiger partial charge in [-0.3, -0.25) is 0 Å². The lowest BCUT2D eigenvalue weighted by Gasteiger charge is -2.13. The molecular weight excluding hydrogens is 262 g/mol. The molecule has 0 unspecified atom stereocenters. The van der Waals surface area contributed by atoms with Crippen molar-refractivity contribution in [3.8, 4) is 0 Å². The Morgan fingerprint density at radius 2 is 1.74 bits per heavy atom. The number of nitrogens with one attached hydrogen (secondary N) is 2. The fourth-order valence-corrected chi connectivity index (χ4v) is 1.91. The zero-order valence-electron chi connectivity index (χ0n) is 11.1. The lowest BCUT2D eigenvalue weighted by Crippen LogP contribution is -2.05. The van der Waals surface area contributed by atoms with Gasteiger partial charge in [-0.25, -0.2) is 0 Å². The molecule has 0 radical (unpaired) electrons. The standard InChI is InChI=1S/C13H16ClN5/c1-8(2)9-6-4-5-7-10(9)16-13-18-11(14)17-12(15-3)19-13/h4-8H,1-3H3,(H2,15,16,17,18,19). The molecule has 0 spiro atoms. The summed E-state index contributed by atoms with van der Waals surface area (Å²) in [5, 5.41) is 6.18. The fraction of sp³-hybridized carbons (Fsp3) is 0.308. The van der Waals surface area contributed by atoms with Crippen LogP contribution in [-0.2, 0) is 0 Å². The van der Waals surface area contributed by atoms with Crippen molar-refractivity contribution in [3.05, 3.63) is 35.1 Å². The second-order valence-electron chi connectivity index (χ2n) is 4.37. The van der Waals surface area contributed by atoms with Crippen molar-refractivity contribution in [2.45, 2.75) is 19.8 Å². The molecule has 0 saturated carbocycles. The van der Waals surface area contributed by atoms with Crippen molar-refractivity contribution in [2.75, 3.05) is 17.7 Å². The number of para-hydroxylation sites is 1. The maximum Gasteiger partial charge on any atom is 0.233 e. The third-order valence-electron chi connectivity index (χ3n) is 2.66. The quantitative estimate of drug-likeness (QED) is 0.896. The highest BCUT2D eigenvalue weighted by molar-refractivity contribution is 6.28. The predicted octanol–water partition coefficient (Wildman–Crippen LogP) is 3.43. The van der Waals surface area contributed by atoms with Crippen LogP contribution in [-0.4, -0.2) is 22.0 Å². The Labute approximate surface area is 117 Å². The minimum Gasteiger partial charge on any atom is -0.357 e. The number of anilines is 3. The normalized spacial score (nSPS) is 10.6. The van der Waals surface area contributed by atoms with Crippen LogP contribution in [0.3, 0.4) is 0 Å². The maximum absolute atomic E-state index is 5.86. The monoisotopic (exact) mass is 277 g/mol. The number of nitrogens with zero attached hydrogens (tertiary/aromatic N) is 3. The minimum atomic E-state index is 0.156. The van der Waals surface area contributed by atoms with Crippen LogP contribution in [0.2, 0.25) is 5.28 Å². The number of halogens is 1. The molecule has 0 bridgehead atoms. The Kier molecular flexibility index (Phi) is 4.16. The first-order chi connectivity index (χ1) is 9.10. The van der Waals surface area contributed by atoms with E-state index in [-0.39, 0.29) is 5.28 Å². The Morgan fingerprint density at radius 1 is 1.05 bits per heavy atom. The van der Waals surface area contributed by atoms with E-state index >= 15 is 0 Å². The van der Waals surface area contributed by atoms with Gasteiger partial charge in [0.25, 0.3) is 0 Å². The van der Waals surface area contributed by atoms with Gasteiger partial charge in [0.1, 0.15) is 0 Å². The SMILES string of the molecule is CNc1nc(Cl)nc(Nc2ccccc2C(C)C)n1. The van der Waals surface area contributed by atoms with Crippen molar-refractivity contribution in [1.82, 2.24) is 15.0 Å². The third-order valence-corrected chi connectivity index (χ3v) is 2.83. The molecule has 0 aliphatic carbocycles. The van der Waals surface area contributed by atoms with E-state index in [4.69, 9.17) is 11.6 Å². The molecule has 0 amide bonds. The van der Waals surface area contributed by atoms with Gasteiger partial charge in [-0.05, 0) is 29.1 Å². The van der Waals surface area contributed by atoms with E-state index in [9.17, 15) is 0 Å². The maximum atomic E-state index is 5.86. The summed E-state index contributed by atoms with van der Waals surface area (Å²) in [6.45, 7) is 4.28. The number of hydrogen-bond donors (Lipinski definition) is 2. The molecule has 1 aromatic carbocycles. The van der Waals surface area contributed by atoms with Crippen molar-refractivity contribution in [2.24, 2.45) is 0 Å². The predicted molar refractivity (Wildman–Crippen MR) is 78.2 cm³/mol. The molecule has 2 rings (SSSR count). The Bertz CT molecular complexity index is 571. The highest BCUT2D eigenvalue weighted by Gasteiger charge is 2.09. The molecule has 0 saturated heterocycles. The molecule has 0 atom stereocenters. The van der Waals surface area contributed by atoms with E-state index < -0.39 is 0 Å². The summed E-state index contributed by atoms with van der Waals surface area (Å²) in [7, 11) is 1.73. The van der Waals surface area contributed by atoms with Gasteiger partial charge in [-0.15, -0.1) is 0 Å². The highest BCUT2D eigenvalue weighted by atomic mass is 35.5. The first-order valence-electron chi connectivity index (χ1n) is 6.05. The molecule has 0 aliphatic rings. The number of hydrogen-bond acceptors (Lipinski definition) is 5. The Hall–Kier alpha value is -1.88. The average Bonchev–Trinajstić information content (AvgIpc) is 2.38. The van der Waals surface area contributed by atoms with Crippen LogP contribution in [0, 0.1) is 0 Å². The molecule has 1 heterocycles. The number of rotatable bonds is 4. The summed E-state index contributed by atoms with van der Waals surface area (Å²) >= 11 is 5.86. The second kappa shape index (κ2) is 5.84. The van der Waals surface area contributed by atoms with Crippen molar-refractivity contribution >= 4 is 29.2 Å². The summed E-state index contributed by atoms with van der Waals surface area (Å²) in [6.07, 6.45) is 0. The average molecular weight is 278 g/mol. The second-order valence-corrected chi connectivity index (χ2v) is 4.71. The van der Waals surface area contributed by atoms with E-state index in [2.05, 4.69) is 45.5 Å². The van der Waals surface area contributed by atoms with E-state index in [0.717, 1.165) is 5.69 Å². The van der Waals surface area contributed by atoms with Gasteiger partial charge in [0.2, 0.25) is 17.2 Å². The zero-order chi connectivity index (χ0) is 13.8. The van der Waals surface area contributed by atoms with E-state index in [1.54, 1.807) is 7.05 Å². The summed E-state index contributed by atoms with van der Waals surface area (Å²) in [5.74, 6) is 1.27. The van der Waals surface area contributed by atoms with Crippen LogP contribution in [0.4, 0.5) is 17.6 Å². The first kappa shape index (κ1) is 13.5. The lowest BCUT2D eigenvalue weighted by molar-refractivity contribution is 0.868. The van der Waals surface area contributed by atoms with Gasteiger partial charge in [0.05, 0.1) is 0 Å². The number of aromatic nitrogens is 3. The van der Waals surface area contributed by atoms with Gasteiger partial charge in [-0.1, -0.05) is 32.0 Å². The van der Waals surface area contributed by atoms with Gasteiger partial charge < -0.3 is 10.6 Å². The van der Waals surface area contributed by atoms with Gasteiger partial charge in [0, 0.05) is 12.7 Å². The first-order valence-corrected chi connectivity index (χ1v) is 6.43. The van der Waals surface area contributed by atoms with Crippen LogP contribution in [0.15, 0.2) is 24.3 Å². The smallest absolute Gasteiger partial charge is 0.233 e. The van der Waals surface area contributed by atoms with Crippen molar-refractivity contribution in [3.63, 3.8) is 0 Å². The summed E-state index contributed by atoms with van der Waals surface area (Å²) in [4.78, 5) is 12.2. The van der Waals surface area contributed by atoms with E-state index in [0.29, 0.717) is 17.8 Å². The van der Waals surface area contributed by atoms with Crippen LogP contribution >= 0.6 is 11.6 Å². The Balaban J connectivity index is 2.33. The summed E-state index contributed by atoms with van der Waals surface area (Å²) < 4.78 is 0. The molecule has 0 fully saturated rings. The molecule has 1 aromatic heterocycles. The van der Waals surface area contributed by atoms with Gasteiger partial charge >= 0.3 is 0 Å². The molecule has 100 valence electrons. The molecule has 2 aromatic rings. The van der Waals surface area contributed by atoms with E-state index in [1.165, 1.54) is 5.56 Å². The molecular formula is C13H16ClN5. The molecule has 6 heteroatoms. The topological polar surface area (TPSA) is 62.7 Å². The lowest BCUT2D eigenvalue weighted by atomic mass is 10.0. The van der Waals surface area contributed by atoms with Crippen LogP contribution < -0.4 is 10.6 Å². The van der Waals surface area contributed by atoms with Crippen molar-refractivity contribution in [1.29, 1.82) is 0 Å². The molecule has 0 aliphatic heterocycles. The molecule has 19 heavy (non-hydrogen) atoms. The zero-order valence-corrected chi connectivity index (χ0v) is 11.9. The van der Waals surface area contributed by atoms with Gasteiger partial charge in [0.15, 0.2) is 0 Å². The largest absolute Gasteiger partial charge is 0.357 e. The summed E-state index contributed by atoms with van der Waals surface area (Å²) in [6, 6.07) is 8.05. The van der Waals surface area contributed by atoms with Crippen molar-refractivity contribution < 1.29 is 0 Å². The fourth-order valence-electron chi connectivity index (χ4n) is 1.75. The molecule has 5 nitrogen and oxygen atoms in total. The van der Waals surface area contributed by atoms with Crippen LogP contribution in [0.25, 0.3) is 0 Å². The highest BCUT2D eigenvalue weighted by Crippen LogP contribution is 2.26. The van der Waals surface area contributed by atoms with E-state index in [1.807, 2.05) is 18.2 Å². The van der Waals surface area contributed by atoms with Gasteiger partial charge in [-0.2, -0.15) is 15.0 Å². The molecule has 2 N–H and O–H groups in total. The minimum absolute atomic E-state index is 0.156. The summed E-state index contributed by atoms with van der Waals surface area (Å²) in [5.41, 5.74) is 2.17. The third kappa shape index (κ3) is 3.32.